The zero-order chi connectivity index (χ0) is 14.4. The van der Waals surface area contributed by atoms with Crippen LogP contribution >= 0.6 is 0 Å². The summed E-state index contributed by atoms with van der Waals surface area (Å²) in [7, 11) is 0. The van der Waals surface area contributed by atoms with Crippen LogP contribution in [0.15, 0.2) is 18.3 Å². The lowest BCUT2D eigenvalue weighted by Crippen LogP contribution is -2.39. The van der Waals surface area contributed by atoms with Crippen LogP contribution in [0.5, 0.6) is 0 Å². The van der Waals surface area contributed by atoms with E-state index in [1.807, 2.05) is 13.8 Å². The highest BCUT2D eigenvalue weighted by Gasteiger charge is 2.13. The van der Waals surface area contributed by atoms with Gasteiger partial charge in [0.2, 0.25) is 5.91 Å². The Balaban J connectivity index is 2.54. The maximum Gasteiger partial charge on any atom is 0.287 e. The van der Waals surface area contributed by atoms with Crippen molar-refractivity contribution in [2.24, 2.45) is 5.92 Å². The monoisotopic (exact) mass is 266 g/mol. The Bertz CT molecular complexity index is 445. The first-order valence-electron chi connectivity index (χ1n) is 6.05. The normalized spacial score (nSPS) is 12.0. The molecule has 19 heavy (non-hydrogen) atoms. The maximum absolute atomic E-state index is 11.7. The molecule has 2 N–H and O–H groups in total. The Hall–Kier alpha value is -2.18. The third kappa shape index (κ3) is 4.90. The Morgan fingerprint density at radius 3 is 2.58 bits per heavy atom. The predicted molar refractivity (Wildman–Crippen MR) is 71.8 cm³/mol. The number of carbonyl (C=O) groups excluding carboxylic acids is 1. The summed E-state index contributed by atoms with van der Waals surface area (Å²) >= 11 is 0. The number of pyridine rings is 1. The molecule has 7 nitrogen and oxygen atoms in total. The molecule has 0 aliphatic heterocycles. The number of hydrogen-bond donors (Lipinski definition) is 2. The second-order valence-electron chi connectivity index (χ2n) is 4.66. The number of nitrogens with one attached hydrogen (secondary N) is 2. The van der Waals surface area contributed by atoms with Crippen LogP contribution in [0.25, 0.3) is 0 Å². The molecule has 0 saturated heterocycles. The van der Waals surface area contributed by atoms with Crippen LogP contribution in [-0.4, -0.2) is 28.4 Å². The quantitative estimate of drug-likeness (QED) is 0.601. The van der Waals surface area contributed by atoms with Gasteiger partial charge >= 0.3 is 0 Å². The van der Waals surface area contributed by atoms with E-state index in [2.05, 4.69) is 15.6 Å². The van der Waals surface area contributed by atoms with Crippen LogP contribution in [0.2, 0.25) is 0 Å². The summed E-state index contributed by atoms with van der Waals surface area (Å²) in [5.41, 5.74) is -0.0811. The van der Waals surface area contributed by atoms with E-state index in [9.17, 15) is 14.9 Å². The molecule has 0 fully saturated rings. The summed E-state index contributed by atoms with van der Waals surface area (Å²) in [5, 5.41) is 16.2. The van der Waals surface area contributed by atoms with Crippen molar-refractivity contribution < 1.29 is 9.72 Å². The molecule has 0 aliphatic carbocycles. The minimum atomic E-state index is -0.518. The fraction of sp³-hybridized carbons (Fsp3) is 0.500. The van der Waals surface area contributed by atoms with Crippen molar-refractivity contribution in [2.45, 2.75) is 26.8 Å². The molecule has 104 valence electrons. The van der Waals surface area contributed by atoms with Crippen molar-refractivity contribution in [3.05, 3.63) is 28.4 Å². The minimum Gasteiger partial charge on any atom is -0.359 e. The van der Waals surface area contributed by atoms with Gasteiger partial charge in [-0.2, -0.15) is 0 Å². The molecule has 1 aromatic rings. The van der Waals surface area contributed by atoms with Crippen LogP contribution in [-0.2, 0) is 4.79 Å². The van der Waals surface area contributed by atoms with Gasteiger partial charge in [-0.25, -0.2) is 4.98 Å². The van der Waals surface area contributed by atoms with E-state index in [4.69, 9.17) is 0 Å². The van der Waals surface area contributed by atoms with Gasteiger partial charge in [0.25, 0.3) is 5.69 Å². The third-order valence-corrected chi connectivity index (χ3v) is 2.40. The van der Waals surface area contributed by atoms with Gasteiger partial charge in [0.15, 0.2) is 0 Å². The van der Waals surface area contributed by atoms with Crippen LogP contribution in [0, 0.1) is 16.0 Å². The highest BCUT2D eigenvalue weighted by atomic mass is 16.6. The Morgan fingerprint density at radius 2 is 2.11 bits per heavy atom. The number of carbonyl (C=O) groups is 1. The zero-order valence-corrected chi connectivity index (χ0v) is 11.2. The van der Waals surface area contributed by atoms with E-state index in [-0.39, 0.29) is 11.6 Å². The Labute approximate surface area is 111 Å². The van der Waals surface area contributed by atoms with E-state index < -0.39 is 11.0 Å². The third-order valence-electron chi connectivity index (χ3n) is 2.40. The highest BCUT2D eigenvalue weighted by molar-refractivity contribution is 5.83. The smallest absolute Gasteiger partial charge is 0.287 e. The Morgan fingerprint density at radius 1 is 1.42 bits per heavy atom. The van der Waals surface area contributed by atoms with E-state index in [0.717, 1.165) is 6.20 Å². The maximum atomic E-state index is 11.7. The molecule has 1 unspecified atom stereocenters. The van der Waals surface area contributed by atoms with Crippen LogP contribution in [0.4, 0.5) is 11.5 Å². The van der Waals surface area contributed by atoms with Crippen molar-refractivity contribution in [1.29, 1.82) is 0 Å². The van der Waals surface area contributed by atoms with E-state index in [0.29, 0.717) is 18.3 Å². The summed E-state index contributed by atoms with van der Waals surface area (Å²) in [6, 6.07) is 2.37. The van der Waals surface area contributed by atoms with Gasteiger partial charge in [0, 0.05) is 12.6 Å². The lowest BCUT2D eigenvalue weighted by Gasteiger charge is -2.15. The molecule has 1 aromatic heterocycles. The number of anilines is 1. The van der Waals surface area contributed by atoms with Crippen molar-refractivity contribution in [3.63, 3.8) is 0 Å². The molecular weight excluding hydrogens is 248 g/mol. The SMILES string of the molecule is CC(C)CNC(=O)C(C)Nc1ccc([N+](=O)[O-])cn1. The molecule has 1 amide bonds. The van der Waals surface area contributed by atoms with Gasteiger partial charge in [-0.15, -0.1) is 0 Å². The molecule has 1 heterocycles. The largest absolute Gasteiger partial charge is 0.359 e. The molecule has 0 radical (unpaired) electrons. The summed E-state index contributed by atoms with van der Waals surface area (Å²) in [6.45, 7) is 6.34. The van der Waals surface area contributed by atoms with Gasteiger partial charge in [0.1, 0.15) is 18.1 Å². The molecular formula is C12H18N4O3. The predicted octanol–water partition coefficient (Wildman–Crippen LogP) is 1.56. The topological polar surface area (TPSA) is 97.2 Å². The number of nitrogens with zero attached hydrogens (tertiary/aromatic N) is 2. The van der Waals surface area contributed by atoms with Gasteiger partial charge < -0.3 is 10.6 Å². The van der Waals surface area contributed by atoms with E-state index in [1.165, 1.54) is 12.1 Å². The van der Waals surface area contributed by atoms with Crippen LogP contribution in [0.1, 0.15) is 20.8 Å². The Kier molecular flexibility index (Phi) is 5.23. The molecule has 0 aliphatic rings. The molecule has 1 rings (SSSR count). The summed E-state index contributed by atoms with van der Waals surface area (Å²) < 4.78 is 0. The fourth-order valence-electron chi connectivity index (χ4n) is 1.32. The average molecular weight is 266 g/mol. The first-order valence-corrected chi connectivity index (χ1v) is 6.05. The number of hydrogen-bond acceptors (Lipinski definition) is 5. The molecule has 7 heteroatoms. The van der Waals surface area contributed by atoms with Crippen molar-refractivity contribution in [3.8, 4) is 0 Å². The minimum absolute atomic E-state index is 0.0811. The fourth-order valence-corrected chi connectivity index (χ4v) is 1.32. The van der Waals surface area contributed by atoms with E-state index in [1.54, 1.807) is 6.92 Å². The van der Waals surface area contributed by atoms with Gasteiger partial charge in [0.05, 0.1) is 4.92 Å². The summed E-state index contributed by atoms with van der Waals surface area (Å²) in [4.78, 5) is 25.6. The summed E-state index contributed by atoms with van der Waals surface area (Å²) in [5.74, 6) is 0.681. The molecule has 0 aromatic carbocycles. The van der Waals surface area contributed by atoms with Crippen molar-refractivity contribution in [2.75, 3.05) is 11.9 Å². The lowest BCUT2D eigenvalue weighted by atomic mass is 10.2. The first kappa shape index (κ1) is 14.9. The number of nitro groups is 1. The lowest BCUT2D eigenvalue weighted by molar-refractivity contribution is -0.385. The number of rotatable bonds is 6. The van der Waals surface area contributed by atoms with Gasteiger partial charge in [-0.05, 0) is 18.9 Å². The van der Waals surface area contributed by atoms with Gasteiger partial charge in [-0.1, -0.05) is 13.8 Å². The number of aromatic nitrogens is 1. The van der Waals surface area contributed by atoms with E-state index >= 15 is 0 Å². The van der Waals surface area contributed by atoms with Crippen LogP contribution in [0.3, 0.4) is 0 Å². The molecule has 0 bridgehead atoms. The molecule has 0 spiro atoms. The van der Waals surface area contributed by atoms with Gasteiger partial charge in [-0.3, -0.25) is 14.9 Å². The second kappa shape index (κ2) is 6.67. The van der Waals surface area contributed by atoms with Crippen LogP contribution < -0.4 is 10.6 Å². The zero-order valence-electron chi connectivity index (χ0n) is 11.2. The molecule has 0 saturated carbocycles. The molecule has 1 atom stereocenters. The van der Waals surface area contributed by atoms with Crippen molar-refractivity contribution >= 4 is 17.4 Å². The van der Waals surface area contributed by atoms with Crippen molar-refractivity contribution in [1.82, 2.24) is 10.3 Å². The average Bonchev–Trinajstić information content (AvgIpc) is 2.36. The number of amides is 1. The standard InChI is InChI=1S/C12H18N4O3/c1-8(2)6-14-12(17)9(3)15-11-5-4-10(7-13-11)16(18)19/h4-5,7-9H,6H2,1-3H3,(H,13,15)(H,14,17). The highest BCUT2D eigenvalue weighted by Crippen LogP contribution is 2.12. The second-order valence-corrected chi connectivity index (χ2v) is 4.66. The summed E-state index contributed by atoms with van der Waals surface area (Å²) in [6.07, 6.45) is 1.15. The first-order chi connectivity index (χ1) is 8.90.